The van der Waals surface area contributed by atoms with Crippen molar-refractivity contribution in [3.8, 4) is 34.5 Å². The first kappa shape index (κ1) is 27.1. The number of methoxy groups -OCH3 is 3. The fourth-order valence-corrected chi connectivity index (χ4v) is 4.24. The molecule has 1 heterocycles. The zero-order valence-electron chi connectivity index (χ0n) is 21.5. The normalized spacial score (nSPS) is 15.6. The molecule has 2 N–H and O–H groups in total. The first-order chi connectivity index (χ1) is 18.7. The molecule has 204 valence electrons. The summed E-state index contributed by atoms with van der Waals surface area (Å²) in [6.45, 7) is 0.266. The number of hydrogen-bond donors (Lipinski definition) is 2. The Morgan fingerprint density at radius 1 is 0.974 bits per heavy atom. The number of phenols is 2. The van der Waals surface area contributed by atoms with Crippen LogP contribution in [0.2, 0.25) is 0 Å². The van der Waals surface area contributed by atoms with Gasteiger partial charge in [0.2, 0.25) is 11.5 Å². The van der Waals surface area contributed by atoms with Gasteiger partial charge in [-0.3, -0.25) is 10.1 Å². The van der Waals surface area contributed by atoms with Crippen LogP contribution in [-0.4, -0.2) is 49.0 Å². The molecule has 1 aliphatic heterocycles. The Labute approximate surface area is 223 Å². The van der Waals surface area contributed by atoms with E-state index in [4.69, 9.17) is 23.7 Å². The molecular weight excluding hydrogens is 510 g/mol. The van der Waals surface area contributed by atoms with Crippen LogP contribution >= 0.6 is 0 Å². The summed E-state index contributed by atoms with van der Waals surface area (Å²) in [5, 5.41) is 30.8. The van der Waals surface area contributed by atoms with E-state index in [2.05, 4.69) is 0 Å². The van der Waals surface area contributed by atoms with Gasteiger partial charge in [-0.2, -0.15) is 0 Å². The van der Waals surface area contributed by atoms with Gasteiger partial charge in [0.15, 0.2) is 23.0 Å². The Morgan fingerprint density at radius 3 is 2.21 bits per heavy atom. The highest BCUT2D eigenvalue weighted by Gasteiger charge is 2.31. The van der Waals surface area contributed by atoms with Crippen molar-refractivity contribution in [2.24, 2.45) is 5.92 Å². The van der Waals surface area contributed by atoms with Crippen molar-refractivity contribution >= 4 is 17.7 Å². The van der Waals surface area contributed by atoms with Crippen LogP contribution in [0, 0.1) is 16.0 Å². The van der Waals surface area contributed by atoms with Crippen molar-refractivity contribution in [2.75, 3.05) is 27.9 Å². The van der Waals surface area contributed by atoms with Crippen LogP contribution in [0.15, 0.2) is 54.1 Å². The second kappa shape index (κ2) is 11.6. The number of cyclic esters (lactones) is 1. The summed E-state index contributed by atoms with van der Waals surface area (Å²) in [7, 11) is 4.33. The van der Waals surface area contributed by atoms with E-state index < -0.39 is 10.9 Å². The maximum atomic E-state index is 12.6. The Kier molecular flexibility index (Phi) is 8.09. The van der Waals surface area contributed by atoms with Crippen LogP contribution in [0.1, 0.15) is 16.7 Å². The number of carbonyl (C=O) groups excluding carboxylic acids is 1. The number of rotatable bonds is 10. The van der Waals surface area contributed by atoms with E-state index >= 15 is 0 Å². The molecule has 0 aliphatic carbocycles. The van der Waals surface area contributed by atoms with E-state index in [1.165, 1.54) is 39.5 Å². The summed E-state index contributed by atoms with van der Waals surface area (Å²) in [4.78, 5) is 23.0. The SMILES string of the molecule is COc1cc(C[C@@H]2COC(=O)/C2=C/c2cc(OC)c(OCc3ccc([N+](=O)[O-])cc3)c(OC)c2)cc(O)c1O. The molecule has 1 aliphatic rings. The highest BCUT2D eigenvalue weighted by molar-refractivity contribution is 5.96. The molecule has 1 fully saturated rings. The standard InChI is InChI=1S/C28H27NO10/c1-35-23-11-17(10-22(30)26(23)31)8-19-15-39-28(32)21(19)9-18-12-24(36-2)27(25(13-18)37-3)38-14-16-4-6-20(7-5-16)29(33)34/h4-7,9-13,19,30-31H,8,14-15H2,1-3H3/b21-9+/t19-/m1/s1. The minimum Gasteiger partial charge on any atom is -0.504 e. The summed E-state index contributed by atoms with van der Waals surface area (Å²) in [5.41, 5.74) is 2.38. The van der Waals surface area contributed by atoms with Crippen molar-refractivity contribution in [1.29, 1.82) is 0 Å². The number of non-ortho nitro benzene ring substituents is 1. The highest BCUT2D eigenvalue weighted by Crippen LogP contribution is 2.41. The average molecular weight is 538 g/mol. The maximum Gasteiger partial charge on any atom is 0.334 e. The minimum absolute atomic E-state index is 0.0172. The largest absolute Gasteiger partial charge is 0.504 e. The fourth-order valence-electron chi connectivity index (χ4n) is 4.24. The first-order valence-corrected chi connectivity index (χ1v) is 11.8. The molecule has 0 bridgehead atoms. The third-order valence-electron chi connectivity index (χ3n) is 6.24. The summed E-state index contributed by atoms with van der Waals surface area (Å²) in [5.74, 6) is -0.284. The van der Waals surface area contributed by atoms with Crippen molar-refractivity contribution in [3.63, 3.8) is 0 Å². The van der Waals surface area contributed by atoms with E-state index in [9.17, 15) is 25.1 Å². The van der Waals surface area contributed by atoms with Crippen LogP contribution in [0.5, 0.6) is 34.5 Å². The van der Waals surface area contributed by atoms with Gasteiger partial charge in [-0.15, -0.1) is 0 Å². The van der Waals surface area contributed by atoms with Crippen molar-refractivity contribution in [1.82, 2.24) is 0 Å². The zero-order valence-corrected chi connectivity index (χ0v) is 21.5. The third-order valence-corrected chi connectivity index (χ3v) is 6.24. The van der Waals surface area contributed by atoms with Gasteiger partial charge in [0, 0.05) is 23.6 Å². The Bertz CT molecular complexity index is 1390. The quantitative estimate of drug-likeness (QED) is 0.125. The number of esters is 1. The van der Waals surface area contributed by atoms with E-state index in [0.717, 1.165) is 0 Å². The summed E-state index contributed by atoms with van der Waals surface area (Å²) < 4.78 is 27.4. The maximum absolute atomic E-state index is 12.6. The van der Waals surface area contributed by atoms with Gasteiger partial charge in [0.1, 0.15) is 6.61 Å². The third kappa shape index (κ3) is 5.98. The zero-order chi connectivity index (χ0) is 28.1. The highest BCUT2D eigenvalue weighted by atomic mass is 16.6. The lowest BCUT2D eigenvalue weighted by molar-refractivity contribution is -0.384. The Balaban J connectivity index is 1.59. The van der Waals surface area contributed by atoms with E-state index in [1.54, 1.807) is 36.4 Å². The average Bonchev–Trinajstić information content (AvgIpc) is 3.27. The number of nitrogens with zero attached hydrogens (tertiary/aromatic N) is 1. The van der Waals surface area contributed by atoms with Gasteiger partial charge >= 0.3 is 5.97 Å². The number of ether oxygens (including phenoxy) is 5. The van der Waals surface area contributed by atoms with Crippen LogP contribution < -0.4 is 18.9 Å². The smallest absolute Gasteiger partial charge is 0.334 e. The molecule has 4 rings (SSSR count). The molecule has 0 aromatic heterocycles. The first-order valence-electron chi connectivity index (χ1n) is 11.8. The summed E-state index contributed by atoms with van der Waals surface area (Å²) in [6.07, 6.45) is 2.04. The van der Waals surface area contributed by atoms with Gasteiger partial charge in [-0.25, -0.2) is 4.79 Å². The summed E-state index contributed by atoms with van der Waals surface area (Å²) in [6, 6.07) is 12.4. The Morgan fingerprint density at radius 2 is 1.62 bits per heavy atom. The molecule has 0 radical (unpaired) electrons. The number of phenolic OH excluding ortho intramolecular Hbond substituents is 2. The molecular formula is C28H27NO10. The minimum atomic E-state index is -0.472. The number of benzene rings is 3. The predicted octanol–water partition coefficient (Wildman–Crippen LogP) is 4.41. The van der Waals surface area contributed by atoms with E-state index in [-0.39, 0.29) is 42.1 Å². The lowest BCUT2D eigenvalue weighted by atomic mass is 9.92. The molecule has 0 spiro atoms. The molecule has 0 saturated carbocycles. The molecule has 3 aromatic carbocycles. The van der Waals surface area contributed by atoms with Gasteiger partial charge in [-0.05, 0) is 65.6 Å². The molecule has 1 atom stereocenters. The second-order valence-corrected chi connectivity index (χ2v) is 8.73. The van der Waals surface area contributed by atoms with Gasteiger partial charge in [0.25, 0.3) is 5.69 Å². The number of hydrogen-bond acceptors (Lipinski definition) is 10. The van der Waals surface area contributed by atoms with Crippen LogP contribution in [0.25, 0.3) is 6.08 Å². The lowest BCUT2D eigenvalue weighted by Gasteiger charge is -2.16. The van der Waals surface area contributed by atoms with Crippen LogP contribution in [-0.2, 0) is 22.6 Å². The number of nitro benzene ring substituents is 1. The molecule has 39 heavy (non-hydrogen) atoms. The molecule has 1 saturated heterocycles. The van der Waals surface area contributed by atoms with Crippen LogP contribution in [0.4, 0.5) is 5.69 Å². The van der Waals surface area contributed by atoms with Crippen molar-refractivity contribution in [2.45, 2.75) is 13.0 Å². The van der Waals surface area contributed by atoms with E-state index in [1.807, 2.05) is 0 Å². The van der Waals surface area contributed by atoms with E-state index in [0.29, 0.717) is 45.9 Å². The van der Waals surface area contributed by atoms with Crippen LogP contribution in [0.3, 0.4) is 0 Å². The molecule has 11 heteroatoms. The predicted molar refractivity (Wildman–Crippen MR) is 139 cm³/mol. The lowest BCUT2D eigenvalue weighted by Crippen LogP contribution is -2.08. The molecule has 3 aromatic rings. The number of carbonyl (C=O) groups is 1. The Hall–Kier alpha value is -4.93. The van der Waals surface area contributed by atoms with Gasteiger partial charge < -0.3 is 33.9 Å². The molecule has 0 unspecified atom stereocenters. The topological polar surface area (TPSA) is 147 Å². The van der Waals surface area contributed by atoms with Crippen molar-refractivity contribution in [3.05, 3.63) is 80.9 Å². The monoisotopic (exact) mass is 537 g/mol. The number of nitro groups is 1. The summed E-state index contributed by atoms with van der Waals surface area (Å²) >= 11 is 0. The van der Waals surface area contributed by atoms with Gasteiger partial charge in [-0.1, -0.05) is 0 Å². The molecule has 11 nitrogen and oxygen atoms in total. The number of aromatic hydroxyl groups is 2. The second-order valence-electron chi connectivity index (χ2n) is 8.73. The van der Waals surface area contributed by atoms with Crippen molar-refractivity contribution < 1.29 is 43.6 Å². The van der Waals surface area contributed by atoms with Gasteiger partial charge in [0.05, 0.1) is 32.9 Å². The molecule has 0 amide bonds. The fraction of sp³-hybridized carbons (Fsp3) is 0.250.